The number of nitrogens with zero attached hydrogens (tertiary/aromatic N) is 3. The van der Waals surface area contributed by atoms with Gasteiger partial charge in [0.2, 0.25) is 0 Å². The molecular formula is C18H19N3O3. The summed E-state index contributed by atoms with van der Waals surface area (Å²) in [5.74, 6) is 0.388. The molecule has 0 atom stereocenters. The molecule has 0 aromatic heterocycles. The fourth-order valence-electron chi connectivity index (χ4n) is 2.54. The minimum atomic E-state index is -0.302. The van der Waals surface area contributed by atoms with Crippen LogP contribution >= 0.6 is 0 Å². The SMILES string of the molecule is COC(=O)Cc1ccc(OC)c(-c2ccc(C)cc2CN=[N+]=[N-])c1. The lowest BCUT2D eigenvalue weighted by Crippen LogP contribution is -2.05. The summed E-state index contributed by atoms with van der Waals surface area (Å²) in [6.45, 7) is 2.23. The Balaban J connectivity index is 2.55. The molecule has 0 aliphatic heterocycles. The van der Waals surface area contributed by atoms with Crippen LogP contribution in [-0.4, -0.2) is 20.2 Å². The topological polar surface area (TPSA) is 84.3 Å². The zero-order valence-corrected chi connectivity index (χ0v) is 13.9. The fraction of sp³-hybridized carbons (Fsp3) is 0.278. The standard InChI is InChI=1S/C18H19N3O3/c1-12-4-6-15(14(8-12)11-20-21-19)16-9-13(10-18(22)24-3)5-7-17(16)23-2/h4-9H,10-11H2,1-3H3. The van der Waals surface area contributed by atoms with Gasteiger partial charge in [0.1, 0.15) is 5.75 Å². The van der Waals surface area contributed by atoms with Crippen LogP contribution in [0.15, 0.2) is 41.5 Å². The molecule has 0 spiro atoms. The minimum Gasteiger partial charge on any atom is -0.496 e. The Hall–Kier alpha value is -2.98. The van der Waals surface area contributed by atoms with Crippen molar-refractivity contribution >= 4 is 5.97 Å². The normalized spacial score (nSPS) is 9.96. The summed E-state index contributed by atoms with van der Waals surface area (Å²) in [6.07, 6.45) is 0.186. The van der Waals surface area contributed by atoms with Crippen LogP contribution in [0.4, 0.5) is 0 Å². The summed E-state index contributed by atoms with van der Waals surface area (Å²) in [5.41, 5.74) is 13.2. The number of methoxy groups -OCH3 is 2. The first-order valence-corrected chi connectivity index (χ1v) is 7.43. The van der Waals surface area contributed by atoms with Crippen molar-refractivity contribution in [3.63, 3.8) is 0 Å². The van der Waals surface area contributed by atoms with Crippen molar-refractivity contribution in [3.8, 4) is 16.9 Å². The summed E-state index contributed by atoms with van der Waals surface area (Å²) in [5, 5.41) is 3.67. The van der Waals surface area contributed by atoms with Crippen LogP contribution in [0.2, 0.25) is 0 Å². The minimum absolute atomic E-state index is 0.186. The zero-order chi connectivity index (χ0) is 17.5. The Morgan fingerprint density at radius 2 is 1.96 bits per heavy atom. The molecule has 0 saturated heterocycles. The molecule has 2 aromatic rings. The van der Waals surface area contributed by atoms with E-state index in [1.54, 1.807) is 7.11 Å². The summed E-state index contributed by atoms with van der Waals surface area (Å²) >= 11 is 0. The number of esters is 1. The van der Waals surface area contributed by atoms with Gasteiger partial charge in [-0.25, -0.2) is 0 Å². The number of benzene rings is 2. The van der Waals surface area contributed by atoms with Gasteiger partial charge >= 0.3 is 5.97 Å². The molecule has 0 aliphatic carbocycles. The molecule has 0 heterocycles. The highest BCUT2D eigenvalue weighted by atomic mass is 16.5. The first kappa shape index (κ1) is 17.4. The van der Waals surface area contributed by atoms with Crippen LogP contribution in [0.3, 0.4) is 0 Å². The Kier molecular flexibility index (Phi) is 5.82. The number of hydrogen-bond donors (Lipinski definition) is 0. The third-order valence-electron chi connectivity index (χ3n) is 3.70. The second-order valence-corrected chi connectivity index (χ2v) is 5.34. The van der Waals surface area contributed by atoms with E-state index in [0.29, 0.717) is 5.75 Å². The lowest BCUT2D eigenvalue weighted by molar-refractivity contribution is -0.139. The van der Waals surface area contributed by atoms with Gasteiger partial charge in [-0.1, -0.05) is 34.9 Å². The Labute approximate surface area is 140 Å². The van der Waals surface area contributed by atoms with Gasteiger partial charge in [0.15, 0.2) is 0 Å². The second kappa shape index (κ2) is 8.04. The van der Waals surface area contributed by atoms with Crippen LogP contribution in [0, 0.1) is 6.92 Å². The van der Waals surface area contributed by atoms with E-state index in [-0.39, 0.29) is 18.9 Å². The maximum atomic E-state index is 11.5. The zero-order valence-electron chi connectivity index (χ0n) is 13.9. The van der Waals surface area contributed by atoms with Crippen molar-refractivity contribution in [1.82, 2.24) is 0 Å². The van der Waals surface area contributed by atoms with E-state index >= 15 is 0 Å². The maximum absolute atomic E-state index is 11.5. The number of rotatable bonds is 6. The van der Waals surface area contributed by atoms with Crippen LogP contribution in [0.5, 0.6) is 5.75 Å². The van der Waals surface area contributed by atoms with E-state index in [1.807, 2.05) is 43.3 Å². The van der Waals surface area contributed by atoms with Gasteiger partial charge in [0, 0.05) is 10.5 Å². The van der Waals surface area contributed by atoms with Crippen LogP contribution < -0.4 is 4.74 Å². The number of carbonyl (C=O) groups excluding carboxylic acids is 1. The maximum Gasteiger partial charge on any atom is 0.309 e. The average molecular weight is 325 g/mol. The molecule has 6 nitrogen and oxygen atoms in total. The summed E-state index contributed by atoms with van der Waals surface area (Å²) < 4.78 is 10.2. The van der Waals surface area contributed by atoms with Gasteiger partial charge in [-0.05, 0) is 41.3 Å². The molecule has 0 fully saturated rings. The summed E-state index contributed by atoms with van der Waals surface area (Å²) in [6, 6.07) is 11.5. The van der Waals surface area contributed by atoms with Crippen molar-refractivity contribution in [3.05, 3.63) is 63.5 Å². The van der Waals surface area contributed by atoms with Gasteiger partial charge in [0.25, 0.3) is 0 Å². The van der Waals surface area contributed by atoms with E-state index in [0.717, 1.165) is 27.8 Å². The van der Waals surface area contributed by atoms with E-state index in [2.05, 4.69) is 10.0 Å². The molecule has 2 aromatic carbocycles. The van der Waals surface area contributed by atoms with Crippen LogP contribution in [0.25, 0.3) is 21.6 Å². The van der Waals surface area contributed by atoms with Crippen LogP contribution in [0.1, 0.15) is 16.7 Å². The number of hydrogen-bond acceptors (Lipinski definition) is 4. The van der Waals surface area contributed by atoms with E-state index in [1.165, 1.54) is 7.11 Å². The highest BCUT2D eigenvalue weighted by Gasteiger charge is 2.13. The highest BCUT2D eigenvalue weighted by molar-refractivity contribution is 5.77. The Bertz CT molecular complexity index is 796. The van der Waals surface area contributed by atoms with Gasteiger partial charge in [-0.3, -0.25) is 4.79 Å². The van der Waals surface area contributed by atoms with Crippen LogP contribution in [-0.2, 0) is 22.5 Å². The van der Waals surface area contributed by atoms with Crippen molar-refractivity contribution < 1.29 is 14.3 Å². The largest absolute Gasteiger partial charge is 0.496 e. The lowest BCUT2D eigenvalue weighted by Gasteiger charge is -2.14. The smallest absolute Gasteiger partial charge is 0.309 e. The molecule has 0 saturated carbocycles. The molecular weight excluding hydrogens is 306 g/mol. The average Bonchev–Trinajstić information content (AvgIpc) is 2.59. The number of ether oxygens (including phenoxy) is 2. The number of aryl methyl sites for hydroxylation is 1. The third kappa shape index (κ3) is 4.06. The van der Waals surface area contributed by atoms with Crippen molar-refractivity contribution in [2.45, 2.75) is 19.9 Å². The Morgan fingerprint density at radius 3 is 2.62 bits per heavy atom. The molecule has 24 heavy (non-hydrogen) atoms. The first-order chi connectivity index (χ1) is 11.6. The van der Waals surface area contributed by atoms with Gasteiger partial charge in [0.05, 0.1) is 27.2 Å². The third-order valence-corrected chi connectivity index (χ3v) is 3.70. The summed E-state index contributed by atoms with van der Waals surface area (Å²) in [4.78, 5) is 14.4. The first-order valence-electron chi connectivity index (χ1n) is 7.43. The summed E-state index contributed by atoms with van der Waals surface area (Å²) in [7, 11) is 2.96. The highest BCUT2D eigenvalue weighted by Crippen LogP contribution is 2.34. The monoisotopic (exact) mass is 325 g/mol. The molecule has 0 N–H and O–H groups in total. The molecule has 0 radical (unpaired) electrons. The molecule has 0 amide bonds. The number of azide groups is 1. The lowest BCUT2D eigenvalue weighted by atomic mass is 9.95. The quantitative estimate of drug-likeness (QED) is 0.345. The predicted octanol–water partition coefficient (Wildman–Crippen LogP) is 4.20. The van der Waals surface area contributed by atoms with E-state index < -0.39 is 0 Å². The predicted molar refractivity (Wildman–Crippen MR) is 91.7 cm³/mol. The molecule has 6 heteroatoms. The second-order valence-electron chi connectivity index (χ2n) is 5.34. The molecule has 0 bridgehead atoms. The molecule has 0 unspecified atom stereocenters. The van der Waals surface area contributed by atoms with Gasteiger partial charge in [-0.15, -0.1) is 0 Å². The van der Waals surface area contributed by atoms with Gasteiger partial charge < -0.3 is 9.47 Å². The number of carbonyl (C=O) groups is 1. The molecule has 2 rings (SSSR count). The van der Waals surface area contributed by atoms with Gasteiger partial charge in [-0.2, -0.15) is 0 Å². The van der Waals surface area contributed by atoms with Crippen molar-refractivity contribution in [2.24, 2.45) is 5.11 Å². The van der Waals surface area contributed by atoms with E-state index in [9.17, 15) is 4.79 Å². The molecule has 124 valence electrons. The van der Waals surface area contributed by atoms with E-state index in [4.69, 9.17) is 15.0 Å². The fourth-order valence-corrected chi connectivity index (χ4v) is 2.54. The van der Waals surface area contributed by atoms with Crippen molar-refractivity contribution in [2.75, 3.05) is 14.2 Å². The van der Waals surface area contributed by atoms with Crippen molar-refractivity contribution in [1.29, 1.82) is 0 Å². The molecule has 0 aliphatic rings. The Morgan fingerprint density at radius 1 is 1.17 bits per heavy atom.